The maximum absolute atomic E-state index is 11.2. The van der Waals surface area contributed by atoms with Gasteiger partial charge in [-0.05, 0) is 32.1 Å². The number of hydrogen-bond donors (Lipinski definition) is 1. The van der Waals surface area contributed by atoms with E-state index in [1.54, 1.807) is 24.5 Å². The van der Waals surface area contributed by atoms with Gasteiger partial charge in [0.05, 0.1) is 11.9 Å². The summed E-state index contributed by atoms with van der Waals surface area (Å²) in [4.78, 5) is 15.1. The Kier molecular flexibility index (Phi) is 4.34. The van der Waals surface area contributed by atoms with Crippen molar-refractivity contribution in [3.8, 4) is 0 Å². The Labute approximate surface area is 89.0 Å². The van der Waals surface area contributed by atoms with Gasteiger partial charge in [-0.2, -0.15) is 0 Å². The van der Waals surface area contributed by atoms with Crippen molar-refractivity contribution >= 4 is 11.8 Å². The number of hydrogen-bond acceptors (Lipinski definition) is 3. The molecule has 1 rings (SSSR count). The Bertz CT molecular complexity index is 343. The predicted octanol–water partition coefficient (Wildman–Crippen LogP) is 2.60. The van der Waals surface area contributed by atoms with Gasteiger partial charge in [0.2, 0.25) is 0 Å². The van der Waals surface area contributed by atoms with Crippen molar-refractivity contribution in [3.05, 3.63) is 36.2 Å². The molecule has 0 fully saturated rings. The van der Waals surface area contributed by atoms with E-state index in [1.165, 1.54) is 0 Å². The molecule has 4 heteroatoms. The highest BCUT2D eigenvalue weighted by atomic mass is 16.5. The largest absolute Gasteiger partial charge is 0.445 e. The van der Waals surface area contributed by atoms with Gasteiger partial charge in [-0.25, -0.2) is 4.79 Å². The minimum Gasteiger partial charge on any atom is -0.445 e. The van der Waals surface area contributed by atoms with E-state index in [-0.39, 0.29) is 6.61 Å². The Morgan fingerprint density at radius 3 is 3.00 bits per heavy atom. The fraction of sp³-hybridized carbons (Fsp3) is 0.273. The third-order valence-corrected chi connectivity index (χ3v) is 1.61. The van der Waals surface area contributed by atoms with Crippen molar-refractivity contribution in [2.45, 2.75) is 13.8 Å². The molecule has 0 aliphatic heterocycles. The highest BCUT2D eigenvalue weighted by Crippen LogP contribution is 2.02. The highest BCUT2D eigenvalue weighted by molar-refractivity contribution is 5.84. The molecular weight excluding hydrogens is 192 g/mol. The molecule has 0 aromatic carbocycles. The lowest BCUT2D eigenvalue weighted by Crippen LogP contribution is -2.13. The zero-order valence-electron chi connectivity index (χ0n) is 8.86. The first-order valence-corrected chi connectivity index (χ1v) is 4.65. The second kappa shape index (κ2) is 5.80. The van der Waals surface area contributed by atoms with Gasteiger partial charge in [0.15, 0.2) is 0 Å². The van der Waals surface area contributed by atoms with Gasteiger partial charge in [-0.3, -0.25) is 10.3 Å². The van der Waals surface area contributed by atoms with E-state index in [0.717, 1.165) is 5.57 Å². The maximum atomic E-state index is 11.2. The first kappa shape index (κ1) is 11.2. The van der Waals surface area contributed by atoms with E-state index in [9.17, 15) is 4.79 Å². The van der Waals surface area contributed by atoms with Gasteiger partial charge in [-0.1, -0.05) is 5.57 Å². The highest BCUT2D eigenvalue weighted by Gasteiger charge is 2.00. The molecule has 15 heavy (non-hydrogen) atoms. The van der Waals surface area contributed by atoms with Crippen LogP contribution in [0, 0.1) is 0 Å². The summed E-state index contributed by atoms with van der Waals surface area (Å²) in [6.07, 6.45) is 4.56. The zero-order valence-corrected chi connectivity index (χ0v) is 8.86. The van der Waals surface area contributed by atoms with Crippen LogP contribution in [0.2, 0.25) is 0 Å². The number of carbonyl (C=O) groups is 1. The van der Waals surface area contributed by atoms with Crippen LogP contribution in [-0.2, 0) is 4.74 Å². The smallest absolute Gasteiger partial charge is 0.411 e. The normalized spacial score (nSPS) is 9.20. The summed E-state index contributed by atoms with van der Waals surface area (Å²) in [6, 6.07) is 3.49. The number of anilines is 1. The Hall–Kier alpha value is -1.84. The summed E-state index contributed by atoms with van der Waals surface area (Å²) < 4.78 is 4.90. The number of pyridine rings is 1. The molecular formula is C11H14N2O2. The van der Waals surface area contributed by atoms with Gasteiger partial charge in [0.1, 0.15) is 6.61 Å². The molecule has 1 aromatic rings. The molecule has 0 aliphatic rings. The lowest BCUT2D eigenvalue weighted by atomic mass is 10.3. The van der Waals surface area contributed by atoms with E-state index in [4.69, 9.17) is 4.74 Å². The molecule has 1 N–H and O–H groups in total. The minimum atomic E-state index is -0.472. The third-order valence-electron chi connectivity index (χ3n) is 1.61. The Morgan fingerprint density at radius 2 is 2.40 bits per heavy atom. The van der Waals surface area contributed by atoms with Crippen molar-refractivity contribution < 1.29 is 9.53 Å². The molecule has 80 valence electrons. The van der Waals surface area contributed by atoms with Crippen LogP contribution >= 0.6 is 0 Å². The van der Waals surface area contributed by atoms with Crippen LogP contribution in [0.1, 0.15) is 13.8 Å². The van der Waals surface area contributed by atoms with E-state index in [1.807, 2.05) is 19.9 Å². The molecule has 1 aromatic heterocycles. The molecule has 0 aliphatic carbocycles. The van der Waals surface area contributed by atoms with Crippen LogP contribution in [0.15, 0.2) is 36.2 Å². The predicted molar refractivity (Wildman–Crippen MR) is 58.6 cm³/mol. The minimum absolute atomic E-state index is 0.286. The van der Waals surface area contributed by atoms with Crippen molar-refractivity contribution in [1.29, 1.82) is 0 Å². The van der Waals surface area contributed by atoms with Crippen molar-refractivity contribution in [2.24, 2.45) is 0 Å². The molecule has 0 bridgehead atoms. The molecule has 0 saturated carbocycles. The zero-order chi connectivity index (χ0) is 11.1. The number of rotatable bonds is 3. The molecule has 1 amide bonds. The fourth-order valence-corrected chi connectivity index (χ4v) is 0.875. The summed E-state index contributed by atoms with van der Waals surface area (Å²) in [5, 5.41) is 2.56. The van der Waals surface area contributed by atoms with Crippen molar-refractivity contribution in [2.75, 3.05) is 11.9 Å². The average Bonchev–Trinajstić information content (AvgIpc) is 2.18. The van der Waals surface area contributed by atoms with Crippen molar-refractivity contribution in [1.82, 2.24) is 4.98 Å². The van der Waals surface area contributed by atoms with E-state index in [0.29, 0.717) is 5.69 Å². The topological polar surface area (TPSA) is 51.2 Å². The second-order valence-corrected chi connectivity index (χ2v) is 3.25. The average molecular weight is 206 g/mol. The van der Waals surface area contributed by atoms with Gasteiger partial charge in [0, 0.05) is 6.20 Å². The quantitative estimate of drug-likeness (QED) is 0.773. The van der Waals surface area contributed by atoms with Gasteiger partial charge < -0.3 is 4.74 Å². The summed E-state index contributed by atoms with van der Waals surface area (Å²) >= 11 is 0. The standard InChI is InChI=1S/C11H14N2O2/c1-9(2)5-7-15-11(14)13-10-4-3-6-12-8-10/h3-6,8H,7H2,1-2H3,(H,13,14). The number of ether oxygens (including phenoxy) is 1. The number of aromatic nitrogens is 1. The molecule has 0 saturated heterocycles. The molecule has 0 radical (unpaired) electrons. The van der Waals surface area contributed by atoms with E-state index >= 15 is 0 Å². The van der Waals surface area contributed by atoms with Gasteiger partial charge in [-0.15, -0.1) is 0 Å². The fourth-order valence-electron chi connectivity index (χ4n) is 0.875. The molecule has 1 heterocycles. The SMILES string of the molecule is CC(C)=CCOC(=O)Nc1cccnc1. The molecule has 0 atom stereocenters. The van der Waals surface area contributed by atoms with E-state index < -0.39 is 6.09 Å². The van der Waals surface area contributed by atoms with E-state index in [2.05, 4.69) is 10.3 Å². The number of amides is 1. The summed E-state index contributed by atoms with van der Waals surface area (Å²) in [6.45, 7) is 4.18. The van der Waals surface area contributed by atoms with Crippen LogP contribution in [0.3, 0.4) is 0 Å². The molecule has 0 unspecified atom stereocenters. The lowest BCUT2D eigenvalue weighted by Gasteiger charge is -2.04. The number of carbonyl (C=O) groups excluding carboxylic acids is 1. The summed E-state index contributed by atoms with van der Waals surface area (Å²) in [5.41, 5.74) is 1.74. The second-order valence-electron chi connectivity index (χ2n) is 3.25. The maximum Gasteiger partial charge on any atom is 0.411 e. The number of nitrogens with zero attached hydrogens (tertiary/aromatic N) is 1. The van der Waals surface area contributed by atoms with Crippen LogP contribution in [0.4, 0.5) is 10.5 Å². The Morgan fingerprint density at radius 1 is 1.60 bits per heavy atom. The monoisotopic (exact) mass is 206 g/mol. The third kappa shape index (κ3) is 4.81. The van der Waals surface area contributed by atoms with Crippen LogP contribution in [0.25, 0.3) is 0 Å². The Balaban J connectivity index is 2.34. The van der Waals surface area contributed by atoms with Crippen LogP contribution < -0.4 is 5.32 Å². The lowest BCUT2D eigenvalue weighted by molar-refractivity contribution is 0.174. The summed E-state index contributed by atoms with van der Waals surface area (Å²) in [7, 11) is 0. The molecule has 0 spiro atoms. The summed E-state index contributed by atoms with van der Waals surface area (Å²) in [5.74, 6) is 0. The molecule has 4 nitrogen and oxygen atoms in total. The van der Waals surface area contributed by atoms with Crippen molar-refractivity contribution in [3.63, 3.8) is 0 Å². The number of allylic oxidation sites excluding steroid dienone is 1. The number of nitrogens with one attached hydrogen (secondary N) is 1. The van der Waals surface area contributed by atoms with Gasteiger partial charge in [0.25, 0.3) is 0 Å². The van der Waals surface area contributed by atoms with Crippen LogP contribution in [-0.4, -0.2) is 17.7 Å². The van der Waals surface area contributed by atoms with Crippen LogP contribution in [0.5, 0.6) is 0 Å². The first-order chi connectivity index (χ1) is 7.18. The van der Waals surface area contributed by atoms with Gasteiger partial charge >= 0.3 is 6.09 Å². The first-order valence-electron chi connectivity index (χ1n) is 4.65.